The molecule has 4 amide bonds. The van der Waals surface area contributed by atoms with E-state index < -0.39 is 81.1 Å². The summed E-state index contributed by atoms with van der Waals surface area (Å²) in [6, 6.07) is 5.84. The van der Waals surface area contributed by atoms with Gasteiger partial charge in [0.15, 0.2) is 10.8 Å². The average Bonchev–Trinajstić information content (AvgIpc) is 3.58. The Morgan fingerprint density at radius 2 is 1.63 bits per heavy atom. The van der Waals surface area contributed by atoms with E-state index in [1.807, 2.05) is 50.7 Å². The molecular formula is C41H56N8O14S2. The smallest absolute Gasteiger partial charge is 0.413 e. The van der Waals surface area contributed by atoms with Crippen molar-refractivity contribution in [2.75, 3.05) is 36.9 Å². The molecule has 3 aromatic rings. The van der Waals surface area contributed by atoms with Gasteiger partial charge in [0, 0.05) is 35.8 Å². The highest BCUT2D eigenvalue weighted by Gasteiger charge is 2.57. The number of hydrogen-bond acceptors (Lipinski definition) is 18. The topological polar surface area (TPSA) is 270 Å². The first-order valence-corrected chi connectivity index (χ1v) is 22.6. The molecule has 5 rings (SSSR count). The third-order valence-corrected chi connectivity index (χ3v) is 10.4. The molecule has 0 spiro atoms. The lowest BCUT2D eigenvalue weighted by atomic mass is 9.84. The third kappa shape index (κ3) is 13.8. The summed E-state index contributed by atoms with van der Waals surface area (Å²) in [6.45, 7) is 19.4. The van der Waals surface area contributed by atoms with Gasteiger partial charge in [-0.15, -0.1) is 11.3 Å². The van der Waals surface area contributed by atoms with Crippen molar-refractivity contribution < 1.29 is 69.6 Å². The second-order valence-electron chi connectivity index (χ2n) is 18.9. The number of fused-ring (bicyclic) bond motifs is 1. The molecule has 0 saturated carbocycles. The standard InChI is InChI=1S/C41H56N8O14S2/c1-38(2,3)59-34(52)28(21-58-26-14-13-24-16-29(47(12)20-25(24)15-26)42-17-23-18-48(19-23)37(54)61-40(7,8)9)62-46-30(27-22-64-35(43-27)45-36(53)60-39(4,5)6)32(50)44-31-33(51)49(41(31,10)11)63-65(55,56)57/h13-16,20,22-23,28,31H,17-19,21H2,1-12H3,(H3,43,44,45,50,53,55,56,57)/b46-30-. The summed E-state index contributed by atoms with van der Waals surface area (Å²) in [5.74, 6) is -1.60. The quantitative estimate of drug-likeness (QED) is 0.0286. The molecule has 65 heavy (non-hydrogen) atoms. The normalized spacial score (nSPS) is 17.3. The number of carbonyl (C=O) groups is 5. The Balaban J connectivity index is 1.34. The first kappa shape index (κ1) is 50.2. The van der Waals surface area contributed by atoms with E-state index in [2.05, 4.69) is 30.4 Å². The number of oxime groups is 1. The first-order valence-electron chi connectivity index (χ1n) is 20.4. The average molecular weight is 949 g/mol. The van der Waals surface area contributed by atoms with Gasteiger partial charge in [0.1, 0.15) is 40.9 Å². The largest absolute Gasteiger partial charge is 0.724 e. The van der Waals surface area contributed by atoms with E-state index in [0.717, 1.165) is 27.9 Å². The zero-order valence-electron chi connectivity index (χ0n) is 38.3. The van der Waals surface area contributed by atoms with E-state index in [1.54, 1.807) is 58.6 Å². The van der Waals surface area contributed by atoms with E-state index in [9.17, 15) is 36.9 Å². The van der Waals surface area contributed by atoms with Crippen molar-refractivity contribution in [1.82, 2.24) is 20.3 Å². The number of esters is 1. The van der Waals surface area contributed by atoms with E-state index >= 15 is 0 Å². The number of nitrogens with zero attached hydrogens (tertiary/aromatic N) is 5. The van der Waals surface area contributed by atoms with Crippen molar-refractivity contribution in [2.45, 2.75) is 111 Å². The van der Waals surface area contributed by atoms with Crippen LogP contribution in [0.15, 0.2) is 41.0 Å². The number of hydroxylamine groups is 2. The molecular weight excluding hydrogens is 893 g/mol. The molecule has 2 aliphatic heterocycles. The van der Waals surface area contributed by atoms with Gasteiger partial charge >= 0.3 is 18.2 Å². The summed E-state index contributed by atoms with van der Waals surface area (Å²) >= 11 is 0.889. The lowest BCUT2D eigenvalue weighted by Crippen LogP contribution is -2.76. The predicted octanol–water partition coefficient (Wildman–Crippen LogP) is 3.75. The number of amides is 4. The predicted molar refractivity (Wildman–Crippen MR) is 233 cm³/mol. The molecule has 2 atom stereocenters. The number of ether oxygens (including phenoxy) is 4. The minimum absolute atomic E-state index is 0.0142. The fourth-order valence-electron chi connectivity index (χ4n) is 6.26. The maximum Gasteiger partial charge on any atom is 0.413 e. The van der Waals surface area contributed by atoms with Gasteiger partial charge in [0.25, 0.3) is 23.7 Å². The van der Waals surface area contributed by atoms with Crippen molar-refractivity contribution in [3.8, 4) is 5.75 Å². The van der Waals surface area contributed by atoms with E-state index in [-0.39, 0.29) is 22.8 Å². The maximum absolute atomic E-state index is 13.9. The zero-order chi connectivity index (χ0) is 48.4. The SMILES string of the molecule is C[n+]1cc2cc(OCC(O/N=C(\C(=O)NC3C(=O)N(OS(=O)(=O)[O-])C3(C)C)c3csc(NC(=O)OC(C)(C)C)n3)C(=O)OC(C)(C)C)ccc2cc1NCC1CN(C(=O)OC(C)(C)C)C1. The van der Waals surface area contributed by atoms with Crippen LogP contribution in [0, 0.1) is 5.92 Å². The minimum Gasteiger partial charge on any atom is -0.724 e. The summed E-state index contributed by atoms with van der Waals surface area (Å²) < 4.78 is 62.3. The molecule has 2 fully saturated rings. The zero-order valence-corrected chi connectivity index (χ0v) is 39.9. The summed E-state index contributed by atoms with van der Waals surface area (Å²) in [7, 11) is -3.46. The molecule has 2 saturated heterocycles. The van der Waals surface area contributed by atoms with Crippen LogP contribution in [0.1, 0.15) is 81.9 Å². The number of nitrogens with one attached hydrogen (secondary N) is 3. The monoisotopic (exact) mass is 948 g/mol. The second kappa shape index (κ2) is 18.9. The van der Waals surface area contributed by atoms with Gasteiger partial charge < -0.3 is 38.6 Å². The molecule has 3 N–H and O–H groups in total. The Bertz CT molecular complexity index is 2450. The Hall–Kier alpha value is -5.85. The van der Waals surface area contributed by atoms with Crippen LogP contribution >= 0.6 is 11.3 Å². The number of pyridine rings is 1. The van der Waals surface area contributed by atoms with Crippen LogP contribution in [-0.4, -0.2) is 124 Å². The molecule has 1 aromatic carbocycles. The highest BCUT2D eigenvalue weighted by molar-refractivity contribution is 7.80. The van der Waals surface area contributed by atoms with Gasteiger partial charge in [-0.25, -0.2) is 32.4 Å². The number of rotatable bonds is 15. The highest BCUT2D eigenvalue weighted by atomic mass is 32.3. The lowest BCUT2D eigenvalue weighted by Gasteiger charge is -2.51. The molecule has 22 nitrogen and oxygen atoms in total. The van der Waals surface area contributed by atoms with Crippen molar-refractivity contribution in [3.05, 3.63) is 41.5 Å². The summed E-state index contributed by atoms with van der Waals surface area (Å²) in [5, 5.41) is 15.6. The van der Waals surface area contributed by atoms with E-state index in [0.29, 0.717) is 30.4 Å². The number of carbonyl (C=O) groups excluding carboxylic acids is 5. The van der Waals surface area contributed by atoms with Gasteiger partial charge in [0.2, 0.25) is 10.4 Å². The van der Waals surface area contributed by atoms with Crippen molar-refractivity contribution in [3.63, 3.8) is 0 Å². The molecule has 2 aromatic heterocycles. The van der Waals surface area contributed by atoms with Gasteiger partial charge in [-0.2, -0.15) is 9.35 Å². The van der Waals surface area contributed by atoms with Crippen molar-refractivity contribution in [1.29, 1.82) is 0 Å². The highest BCUT2D eigenvalue weighted by Crippen LogP contribution is 2.33. The molecule has 0 bridgehead atoms. The molecule has 2 unspecified atom stereocenters. The number of aromatic nitrogens is 2. The number of aryl methyl sites for hydroxylation is 1. The van der Waals surface area contributed by atoms with E-state index in [4.69, 9.17) is 23.8 Å². The Morgan fingerprint density at radius 1 is 0.985 bits per heavy atom. The van der Waals surface area contributed by atoms with Gasteiger partial charge in [-0.1, -0.05) is 11.2 Å². The first-order chi connectivity index (χ1) is 29.9. The van der Waals surface area contributed by atoms with Gasteiger partial charge in [-0.3, -0.25) is 20.2 Å². The van der Waals surface area contributed by atoms with Gasteiger partial charge in [-0.05, 0) is 93.7 Å². The summed E-state index contributed by atoms with van der Waals surface area (Å²) in [5.41, 5.74) is -4.67. The van der Waals surface area contributed by atoms with Crippen molar-refractivity contribution in [2.24, 2.45) is 18.1 Å². The summed E-state index contributed by atoms with van der Waals surface area (Å²) in [4.78, 5) is 76.8. The number of thiazole rings is 1. The van der Waals surface area contributed by atoms with Crippen LogP contribution in [0.5, 0.6) is 5.75 Å². The molecule has 4 heterocycles. The maximum atomic E-state index is 13.9. The van der Waals surface area contributed by atoms with Crippen LogP contribution in [-0.2, 0) is 55.2 Å². The van der Waals surface area contributed by atoms with Crippen LogP contribution in [0.4, 0.5) is 20.5 Å². The minimum atomic E-state index is -5.34. The molecule has 24 heteroatoms. The number of hydrogen-bond donors (Lipinski definition) is 3. The van der Waals surface area contributed by atoms with Crippen molar-refractivity contribution >= 4 is 79.1 Å². The number of benzene rings is 1. The number of anilines is 2. The lowest BCUT2D eigenvalue weighted by molar-refractivity contribution is -0.655. The Kier molecular flexibility index (Phi) is 14.6. The second-order valence-corrected chi connectivity index (χ2v) is 20.7. The molecule has 0 radical (unpaired) electrons. The molecule has 2 aliphatic rings. The third-order valence-electron chi connectivity index (χ3n) is 9.27. The van der Waals surface area contributed by atoms with Gasteiger partial charge in [0.05, 0.1) is 25.3 Å². The fourth-order valence-corrected chi connectivity index (χ4v) is 7.39. The number of β-lactam (4-membered cyclic amide) rings is 1. The van der Waals surface area contributed by atoms with Crippen LogP contribution in [0.2, 0.25) is 0 Å². The van der Waals surface area contributed by atoms with Crippen LogP contribution in [0.25, 0.3) is 10.8 Å². The summed E-state index contributed by atoms with van der Waals surface area (Å²) in [6.07, 6.45) is -0.855. The Morgan fingerprint density at radius 3 is 2.23 bits per heavy atom. The van der Waals surface area contributed by atoms with E-state index in [1.165, 1.54) is 19.2 Å². The molecule has 356 valence electrons. The van der Waals surface area contributed by atoms with Crippen LogP contribution < -0.4 is 25.3 Å². The Labute approximate surface area is 380 Å². The fraction of sp³-hybridized carbons (Fsp3) is 0.561. The van der Waals surface area contributed by atoms with Crippen LogP contribution in [0.3, 0.4) is 0 Å². The molecule has 0 aliphatic carbocycles. The number of likely N-dealkylation sites (tertiary alicyclic amines) is 1.